The lowest BCUT2D eigenvalue weighted by Crippen LogP contribution is -2.58. The molecule has 1 unspecified atom stereocenters. The highest BCUT2D eigenvalue weighted by Crippen LogP contribution is 2.19. The summed E-state index contributed by atoms with van der Waals surface area (Å²) in [5.41, 5.74) is -1.30. The summed E-state index contributed by atoms with van der Waals surface area (Å²) in [4.78, 5) is 24.8. The zero-order valence-corrected chi connectivity index (χ0v) is 12.9. The molecule has 2 amide bonds. The molecule has 1 aliphatic rings. The molecule has 8 heteroatoms. The third-order valence-corrected chi connectivity index (χ3v) is 5.79. The van der Waals surface area contributed by atoms with Crippen LogP contribution in [0.25, 0.3) is 0 Å². The second kappa shape index (κ2) is 5.99. The molecule has 0 aromatic rings. The van der Waals surface area contributed by atoms with Gasteiger partial charge in [-0.25, -0.2) is 18.0 Å². The van der Waals surface area contributed by atoms with Gasteiger partial charge in [0.1, 0.15) is 5.54 Å². The van der Waals surface area contributed by atoms with Crippen LogP contribution in [-0.4, -0.2) is 60.6 Å². The zero-order valence-electron chi connectivity index (χ0n) is 12.0. The number of aliphatic carboxylic acids is 1. The van der Waals surface area contributed by atoms with E-state index in [1.165, 1.54) is 11.9 Å². The summed E-state index contributed by atoms with van der Waals surface area (Å²) >= 11 is 0. The Morgan fingerprint density at radius 3 is 2.25 bits per heavy atom. The molecule has 1 atom stereocenters. The summed E-state index contributed by atoms with van der Waals surface area (Å²) in [5, 5.41) is 11.8. The third-order valence-electron chi connectivity index (χ3n) is 4.04. The van der Waals surface area contributed by atoms with Crippen molar-refractivity contribution in [1.29, 1.82) is 0 Å². The van der Waals surface area contributed by atoms with Crippen molar-refractivity contribution in [2.75, 3.05) is 18.6 Å². The lowest BCUT2D eigenvalue weighted by atomic mass is 9.93. The Bertz CT molecular complexity index is 484. The fraction of sp³-hybridized carbons (Fsp3) is 0.833. The van der Waals surface area contributed by atoms with E-state index in [2.05, 4.69) is 5.32 Å². The minimum Gasteiger partial charge on any atom is -0.480 e. The van der Waals surface area contributed by atoms with Crippen molar-refractivity contribution in [3.63, 3.8) is 0 Å². The standard InChI is InChI=1S/C12H22N2O5S/c1-4-12(5-2,10(15)16)13-11(17)14(3)9-6-7-20(18,19)8-9/h9H,4-8H2,1-3H3,(H,13,17)(H,15,16). The van der Waals surface area contributed by atoms with Crippen LogP contribution in [0.2, 0.25) is 0 Å². The van der Waals surface area contributed by atoms with Crippen molar-refractivity contribution in [3.05, 3.63) is 0 Å². The molecule has 0 saturated carbocycles. The predicted molar refractivity (Wildman–Crippen MR) is 74.3 cm³/mol. The molecular weight excluding hydrogens is 284 g/mol. The molecule has 0 radical (unpaired) electrons. The normalized spacial score (nSPS) is 21.4. The molecule has 1 fully saturated rings. The van der Waals surface area contributed by atoms with Gasteiger partial charge in [-0.05, 0) is 19.3 Å². The highest BCUT2D eigenvalue weighted by Gasteiger charge is 2.39. The number of urea groups is 1. The maximum atomic E-state index is 12.1. The van der Waals surface area contributed by atoms with Crippen LogP contribution in [0.3, 0.4) is 0 Å². The molecule has 1 aliphatic heterocycles. The van der Waals surface area contributed by atoms with E-state index in [-0.39, 0.29) is 30.4 Å². The quantitative estimate of drug-likeness (QED) is 0.768. The molecule has 1 rings (SSSR count). The van der Waals surface area contributed by atoms with Crippen LogP contribution in [0, 0.1) is 0 Å². The van der Waals surface area contributed by atoms with Crippen LogP contribution in [0.5, 0.6) is 0 Å². The Balaban J connectivity index is 2.77. The van der Waals surface area contributed by atoms with Gasteiger partial charge in [0.2, 0.25) is 0 Å². The van der Waals surface area contributed by atoms with Crippen LogP contribution < -0.4 is 5.32 Å². The molecule has 0 bridgehead atoms. The highest BCUT2D eigenvalue weighted by atomic mass is 32.2. The fourth-order valence-electron chi connectivity index (χ4n) is 2.32. The van der Waals surface area contributed by atoms with E-state index in [0.29, 0.717) is 6.42 Å². The first-order valence-electron chi connectivity index (χ1n) is 6.66. The van der Waals surface area contributed by atoms with E-state index < -0.39 is 27.4 Å². The van der Waals surface area contributed by atoms with Crippen LogP contribution >= 0.6 is 0 Å². The fourth-order valence-corrected chi connectivity index (χ4v) is 4.10. The summed E-state index contributed by atoms with van der Waals surface area (Å²) in [6, 6.07) is -0.932. The van der Waals surface area contributed by atoms with Crippen molar-refractivity contribution in [2.24, 2.45) is 0 Å². The maximum Gasteiger partial charge on any atom is 0.329 e. The number of carboxylic acids is 1. The van der Waals surface area contributed by atoms with Gasteiger partial charge in [-0.1, -0.05) is 13.8 Å². The largest absolute Gasteiger partial charge is 0.480 e. The number of carbonyl (C=O) groups is 2. The number of rotatable bonds is 5. The Morgan fingerprint density at radius 1 is 1.35 bits per heavy atom. The van der Waals surface area contributed by atoms with E-state index >= 15 is 0 Å². The monoisotopic (exact) mass is 306 g/mol. The Morgan fingerprint density at radius 2 is 1.90 bits per heavy atom. The molecule has 0 aromatic heterocycles. The van der Waals surface area contributed by atoms with Crippen LogP contribution in [0.4, 0.5) is 4.79 Å². The van der Waals surface area contributed by atoms with Crippen LogP contribution in [0.1, 0.15) is 33.1 Å². The van der Waals surface area contributed by atoms with Gasteiger partial charge in [0.25, 0.3) is 0 Å². The minimum atomic E-state index is -3.08. The van der Waals surface area contributed by atoms with Gasteiger partial charge in [0.15, 0.2) is 9.84 Å². The lowest BCUT2D eigenvalue weighted by Gasteiger charge is -2.32. The molecular formula is C12H22N2O5S. The second-order valence-electron chi connectivity index (χ2n) is 5.19. The van der Waals surface area contributed by atoms with E-state index in [1.54, 1.807) is 13.8 Å². The molecule has 7 nitrogen and oxygen atoms in total. The van der Waals surface area contributed by atoms with Crippen LogP contribution in [-0.2, 0) is 14.6 Å². The Labute approximate surface area is 119 Å². The van der Waals surface area contributed by atoms with Gasteiger partial charge < -0.3 is 15.3 Å². The van der Waals surface area contributed by atoms with Crippen LogP contribution in [0.15, 0.2) is 0 Å². The minimum absolute atomic E-state index is 0.0603. The van der Waals surface area contributed by atoms with Crippen molar-refractivity contribution in [3.8, 4) is 0 Å². The van der Waals surface area contributed by atoms with E-state index in [9.17, 15) is 23.1 Å². The van der Waals surface area contributed by atoms with Crippen molar-refractivity contribution in [1.82, 2.24) is 10.2 Å². The zero-order chi connectivity index (χ0) is 15.6. The van der Waals surface area contributed by atoms with Gasteiger partial charge in [0.05, 0.1) is 11.5 Å². The Kier molecular flexibility index (Phi) is 5.01. The highest BCUT2D eigenvalue weighted by molar-refractivity contribution is 7.91. The number of sulfone groups is 1. The van der Waals surface area contributed by atoms with Gasteiger partial charge in [-0.2, -0.15) is 0 Å². The maximum absolute atomic E-state index is 12.1. The number of hydrogen-bond donors (Lipinski definition) is 2. The SMILES string of the molecule is CCC(CC)(NC(=O)N(C)C1CCS(=O)(=O)C1)C(=O)O. The molecule has 1 saturated heterocycles. The molecule has 20 heavy (non-hydrogen) atoms. The van der Waals surface area contributed by atoms with Gasteiger partial charge >= 0.3 is 12.0 Å². The number of nitrogens with one attached hydrogen (secondary N) is 1. The van der Waals surface area contributed by atoms with E-state index in [1.807, 2.05) is 0 Å². The number of amides is 2. The van der Waals surface area contributed by atoms with E-state index in [0.717, 1.165) is 0 Å². The first-order valence-corrected chi connectivity index (χ1v) is 8.48. The third kappa shape index (κ3) is 3.41. The molecule has 2 N–H and O–H groups in total. The van der Waals surface area contributed by atoms with Gasteiger partial charge in [0, 0.05) is 13.1 Å². The van der Waals surface area contributed by atoms with Crippen molar-refractivity contribution in [2.45, 2.75) is 44.7 Å². The molecule has 0 aromatic carbocycles. The molecule has 116 valence electrons. The first-order chi connectivity index (χ1) is 9.17. The topological polar surface area (TPSA) is 104 Å². The van der Waals surface area contributed by atoms with E-state index in [4.69, 9.17) is 0 Å². The number of carbonyl (C=O) groups excluding carboxylic acids is 1. The number of hydrogen-bond acceptors (Lipinski definition) is 4. The number of nitrogens with zero attached hydrogens (tertiary/aromatic N) is 1. The summed E-state index contributed by atoms with van der Waals surface area (Å²) in [6.45, 7) is 3.38. The second-order valence-corrected chi connectivity index (χ2v) is 7.42. The summed E-state index contributed by atoms with van der Waals surface area (Å²) in [6.07, 6.45) is 0.924. The van der Waals surface area contributed by atoms with Crippen molar-refractivity contribution >= 4 is 21.8 Å². The molecule has 0 aliphatic carbocycles. The molecule has 0 spiro atoms. The summed E-state index contributed by atoms with van der Waals surface area (Å²) < 4.78 is 22.8. The average molecular weight is 306 g/mol. The summed E-state index contributed by atoms with van der Waals surface area (Å²) in [5.74, 6) is -1.07. The first kappa shape index (κ1) is 16.7. The van der Waals surface area contributed by atoms with Crippen molar-refractivity contribution < 1.29 is 23.1 Å². The smallest absolute Gasteiger partial charge is 0.329 e. The average Bonchev–Trinajstić information content (AvgIpc) is 2.74. The summed E-state index contributed by atoms with van der Waals surface area (Å²) in [7, 11) is -1.58. The van der Waals surface area contributed by atoms with Gasteiger partial charge in [-0.15, -0.1) is 0 Å². The number of carboxylic acid groups (broad SMARTS) is 1. The van der Waals surface area contributed by atoms with Gasteiger partial charge in [-0.3, -0.25) is 0 Å². The lowest BCUT2D eigenvalue weighted by molar-refractivity contribution is -0.144. The molecule has 1 heterocycles. The Hall–Kier alpha value is -1.31. The predicted octanol–water partition coefficient (Wildman–Crippen LogP) is 0.458.